The minimum absolute atomic E-state index is 0.120. The van der Waals surface area contributed by atoms with Crippen LogP contribution in [0.3, 0.4) is 0 Å². The minimum atomic E-state index is -0.166. The monoisotopic (exact) mass is 341 g/mol. The Morgan fingerprint density at radius 2 is 2.00 bits per heavy atom. The van der Waals surface area contributed by atoms with Crippen molar-refractivity contribution in [2.45, 2.75) is 58.0 Å². The normalized spacial score (nSPS) is 21.1. The van der Waals surface area contributed by atoms with Gasteiger partial charge in [-0.15, -0.1) is 5.10 Å². The van der Waals surface area contributed by atoms with Gasteiger partial charge in [-0.2, -0.15) is 9.67 Å². The smallest absolute Gasteiger partial charge is 0.254 e. The third-order valence-electron chi connectivity index (χ3n) is 5.21. The van der Waals surface area contributed by atoms with Crippen LogP contribution in [0.15, 0.2) is 12.5 Å². The van der Waals surface area contributed by atoms with Crippen molar-refractivity contribution in [3.63, 3.8) is 0 Å². The molecule has 1 aliphatic heterocycles. The van der Waals surface area contributed by atoms with Gasteiger partial charge in [0.2, 0.25) is 5.91 Å². The van der Waals surface area contributed by atoms with Crippen molar-refractivity contribution in [2.24, 2.45) is 0 Å². The zero-order valence-corrected chi connectivity index (χ0v) is 14.9. The Balaban J connectivity index is 1.84. The lowest BCUT2D eigenvalue weighted by Gasteiger charge is -2.43. The highest BCUT2D eigenvalue weighted by atomic mass is 16.2. The molecule has 2 aromatic heterocycles. The maximum absolute atomic E-state index is 12.8. The highest BCUT2D eigenvalue weighted by Crippen LogP contribution is 2.39. The number of amides is 1. The number of carbonyl (C=O) groups excluding carboxylic acids is 1. The van der Waals surface area contributed by atoms with Gasteiger partial charge >= 0.3 is 0 Å². The van der Waals surface area contributed by atoms with E-state index >= 15 is 0 Å². The molecule has 1 fully saturated rings. The van der Waals surface area contributed by atoms with E-state index in [4.69, 9.17) is 4.98 Å². The average Bonchev–Trinajstić information content (AvgIpc) is 3.29. The van der Waals surface area contributed by atoms with E-state index in [1.807, 2.05) is 6.92 Å². The molecule has 2 aliphatic rings. The van der Waals surface area contributed by atoms with Crippen molar-refractivity contribution >= 4 is 17.4 Å². The highest BCUT2D eigenvalue weighted by Gasteiger charge is 2.41. The van der Waals surface area contributed by atoms with Crippen LogP contribution in [0, 0.1) is 6.92 Å². The Labute approximate surface area is 146 Å². The van der Waals surface area contributed by atoms with Gasteiger partial charge in [-0.3, -0.25) is 4.79 Å². The van der Waals surface area contributed by atoms with Crippen LogP contribution in [-0.4, -0.2) is 49.8 Å². The summed E-state index contributed by atoms with van der Waals surface area (Å²) in [4.78, 5) is 30.1. The number of aromatic nitrogens is 5. The van der Waals surface area contributed by atoms with Gasteiger partial charge in [0.1, 0.15) is 23.9 Å². The predicted molar refractivity (Wildman–Crippen MR) is 93.9 cm³/mol. The lowest BCUT2D eigenvalue weighted by Crippen LogP contribution is -2.55. The van der Waals surface area contributed by atoms with Gasteiger partial charge in [0.15, 0.2) is 5.82 Å². The molecule has 0 bridgehead atoms. The summed E-state index contributed by atoms with van der Waals surface area (Å²) in [5.41, 5.74) is 0.766. The van der Waals surface area contributed by atoms with Crippen LogP contribution in [0.2, 0.25) is 0 Å². The molecule has 8 nitrogen and oxygen atoms in total. The molecule has 0 spiro atoms. The highest BCUT2D eigenvalue weighted by molar-refractivity contribution is 6.04. The van der Waals surface area contributed by atoms with Crippen molar-refractivity contribution < 1.29 is 4.79 Å². The summed E-state index contributed by atoms with van der Waals surface area (Å²) in [5, 5.41) is 4.31. The molecule has 2 aromatic rings. The van der Waals surface area contributed by atoms with E-state index < -0.39 is 0 Å². The number of likely N-dealkylation sites (N-methyl/N-ethyl adjacent to an activating group) is 1. The molecular weight excluding hydrogens is 318 g/mol. The molecule has 4 rings (SSSR count). The number of fused-ring (bicyclic) bond motifs is 1. The Morgan fingerprint density at radius 1 is 1.24 bits per heavy atom. The SMILES string of the molecule is CC[C@@H]1C(=O)N(C)c2cnc(-n3cnc(C)n3)nc2N1C1CCCC1. The van der Waals surface area contributed by atoms with E-state index in [9.17, 15) is 4.79 Å². The summed E-state index contributed by atoms with van der Waals surface area (Å²) in [6.45, 7) is 3.89. The fourth-order valence-electron chi connectivity index (χ4n) is 3.93. The first-order valence-corrected chi connectivity index (χ1v) is 8.91. The average molecular weight is 341 g/mol. The Hall–Kier alpha value is -2.51. The van der Waals surface area contributed by atoms with Crippen molar-refractivity contribution in [3.05, 3.63) is 18.3 Å². The van der Waals surface area contributed by atoms with Crippen molar-refractivity contribution in [3.8, 4) is 5.95 Å². The van der Waals surface area contributed by atoms with E-state index in [2.05, 4.69) is 26.9 Å². The molecular formula is C17H23N7O. The van der Waals surface area contributed by atoms with E-state index in [1.54, 1.807) is 29.2 Å². The molecule has 0 unspecified atom stereocenters. The summed E-state index contributed by atoms with van der Waals surface area (Å²) >= 11 is 0. The molecule has 3 heterocycles. The zero-order valence-electron chi connectivity index (χ0n) is 14.9. The van der Waals surface area contributed by atoms with Gasteiger partial charge < -0.3 is 9.80 Å². The van der Waals surface area contributed by atoms with E-state index in [1.165, 1.54) is 12.8 Å². The predicted octanol–water partition coefficient (Wildman–Crippen LogP) is 1.87. The van der Waals surface area contributed by atoms with E-state index in [0.717, 1.165) is 30.8 Å². The van der Waals surface area contributed by atoms with Crippen LogP contribution < -0.4 is 9.80 Å². The number of hydrogen-bond donors (Lipinski definition) is 0. The maximum Gasteiger partial charge on any atom is 0.254 e. The number of nitrogens with zero attached hydrogens (tertiary/aromatic N) is 7. The summed E-state index contributed by atoms with van der Waals surface area (Å²) in [7, 11) is 1.80. The number of hydrogen-bond acceptors (Lipinski definition) is 6. The van der Waals surface area contributed by atoms with Crippen molar-refractivity contribution in [1.29, 1.82) is 0 Å². The minimum Gasteiger partial charge on any atom is -0.340 e. The Kier molecular flexibility index (Phi) is 3.89. The topological polar surface area (TPSA) is 80.0 Å². The van der Waals surface area contributed by atoms with Crippen molar-refractivity contribution in [1.82, 2.24) is 24.7 Å². The summed E-state index contributed by atoms with van der Waals surface area (Å²) < 4.78 is 1.58. The molecule has 0 saturated heterocycles. The Bertz CT molecular complexity index is 796. The fourth-order valence-corrected chi connectivity index (χ4v) is 3.93. The standard InChI is InChI=1S/C17H23N7O/c1-4-13-16(25)22(3)14-9-18-17(23-10-19-11(2)21-23)20-15(14)24(13)12-7-5-6-8-12/h9-10,12-13H,4-8H2,1-3H3/t13-/m1/s1. The van der Waals surface area contributed by atoms with Gasteiger partial charge in [0, 0.05) is 13.1 Å². The van der Waals surface area contributed by atoms with Gasteiger partial charge in [0.25, 0.3) is 5.95 Å². The molecule has 1 saturated carbocycles. The van der Waals surface area contributed by atoms with Crippen LogP contribution in [0.4, 0.5) is 11.5 Å². The molecule has 132 valence electrons. The second kappa shape index (κ2) is 6.09. The second-order valence-electron chi connectivity index (χ2n) is 6.78. The second-order valence-corrected chi connectivity index (χ2v) is 6.78. The molecule has 8 heteroatoms. The van der Waals surface area contributed by atoms with Crippen LogP contribution in [0.1, 0.15) is 44.9 Å². The number of anilines is 2. The van der Waals surface area contributed by atoms with E-state index in [0.29, 0.717) is 17.8 Å². The number of rotatable bonds is 3. The number of carbonyl (C=O) groups is 1. The molecule has 1 amide bonds. The lowest BCUT2D eigenvalue weighted by atomic mass is 10.0. The molecule has 0 radical (unpaired) electrons. The number of aryl methyl sites for hydroxylation is 1. The fraction of sp³-hybridized carbons (Fsp3) is 0.588. The Morgan fingerprint density at radius 3 is 2.64 bits per heavy atom. The van der Waals surface area contributed by atoms with Crippen LogP contribution in [-0.2, 0) is 4.79 Å². The first-order valence-electron chi connectivity index (χ1n) is 8.91. The molecule has 25 heavy (non-hydrogen) atoms. The zero-order chi connectivity index (χ0) is 17.6. The molecule has 0 N–H and O–H groups in total. The largest absolute Gasteiger partial charge is 0.340 e. The quantitative estimate of drug-likeness (QED) is 0.848. The molecule has 1 aliphatic carbocycles. The summed E-state index contributed by atoms with van der Waals surface area (Å²) in [5.74, 6) is 2.11. The van der Waals surface area contributed by atoms with Gasteiger partial charge in [-0.1, -0.05) is 19.8 Å². The third kappa shape index (κ3) is 2.56. The van der Waals surface area contributed by atoms with Gasteiger partial charge in [-0.05, 0) is 26.2 Å². The molecule has 1 atom stereocenters. The van der Waals surface area contributed by atoms with Crippen LogP contribution in [0.25, 0.3) is 5.95 Å². The summed E-state index contributed by atoms with van der Waals surface area (Å²) in [6, 6.07) is 0.197. The summed E-state index contributed by atoms with van der Waals surface area (Å²) in [6.07, 6.45) is 8.73. The third-order valence-corrected chi connectivity index (χ3v) is 5.21. The maximum atomic E-state index is 12.8. The molecule has 0 aromatic carbocycles. The van der Waals surface area contributed by atoms with Crippen molar-refractivity contribution in [2.75, 3.05) is 16.8 Å². The van der Waals surface area contributed by atoms with Gasteiger partial charge in [0.05, 0.1) is 6.20 Å². The van der Waals surface area contributed by atoms with E-state index in [-0.39, 0.29) is 11.9 Å². The first-order chi connectivity index (χ1) is 12.1. The van der Waals surface area contributed by atoms with Crippen LogP contribution in [0.5, 0.6) is 0 Å². The lowest BCUT2D eigenvalue weighted by molar-refractivity contribution is -0.120. The first kappa shape index (κ1) is 16.0. The van der Waals surface area contributed by atoms with Gasteiger partial charge in [-0.25, -0.2) is 9.97 Å². The van der Waals surface area contributed by atoms with Crippen LogP contribution >= 0.6 is 0 Å².